The van der Waals surface area contributed by atoms with Crippen molar-refractivity contribution in [1.29, 1.82) is 0 Å². The summed E-state index contributed by atoms with van der Waals surface area (Å²) in [7, 11) is 0. The normalized spacial score (nSPS) is 13.0. The van der Waals surface area contributed by atoms with Gasteiger partial charge in [-0.1, -0.05) is 0 Å². The van der Waals surface area contributed by atoms with Crippen molar-refractivity contribution in [2.75, 3.05) is 6.61 Å². The number of hydrogen-bond acceptors (Lipinski definition) is 3. The summed E-state index contributed by atoms with van der Waals surface area (Å²) in [6.45, 7) is 2.01. The third-order valence-electron chi connectivity index (χ3n) is 2.15. The molecule has 0 bridgehead atoms. The number of aliphatic hydroxyl groups excluding tert-OH is 1. The molecular weight excluding hydrogens is 180 g/mol. The lowest BCUT2D eigenvalue weighted by Gasteiger charge is -2.11. The molecule has 0 fully saturated rings. The Balaban J connectivity index is 2.40. The number of rotatable bonds is 3. The van der Waals surface area contributed by atoms with Gasteiger partial charge in [0.1, 0.15) is 0 Å². The fourth-order valence-electron chi connectivity index (χ4n) is 1.35. The van der Waals surface area contributed by atoms with Gasteiger partial charge in [-0.25, -0.2) is 4.98 Å². The number of hydrogen-bond donors (Lipinski definition) is 1. The van der Waals surface area contributed by atoms with E-state index in [1.807, 2.05) is 29.8 Å². The standard InChI is InChI=1S/C10H12N2O2/c1-8(7-13)12-5-4-11-10(12)9-3-2-6-14-9/h2-6,8,13H,7H2,1H3/t8-/m1/s1. The Hall–Kier alpha value is -1.55. The second-order valence-corrected chi connectivity index (χ2v) is 3.17. The molecule has 4 nitrogen and oxygen atoms in total. The van der Waals surface area contributed by atoms with Crippen molar-refractivity contribution < 1.29 is 9.52 Å². The first-order valence-electron chi connectivity index (χ1n) is 4.50. The number of aliphatic hydroxyl groups is 1. The van der Waals surface area contributed by atoms with Crippen LogP contribution in [0.15, 0.2) is 35.2 Å². The van der Waals surface area contributed by atoms with Gasteiger partial charge in [0.15, 0.2) is 11.6 Å². The third-order valence-corrected chi connectivity index (χ3v) is 2.15. The fraction of sp³-hybridized carbons (Fsp3) is 0.300. The number of aromatic nitrogens is 2. The summed E-state index contributed by atoms with van der Waals surface area (Å²) < 4.78 is 7.14. The molecule has 2 aromatic heterocycles. The SMILES string of the molecule is C[C@H](CO)n1ccnc1-c1ccco1. The predicted molar refractivity (Wildman–Crippen MR) is 51.7 cm³/mol. The van der Waals surface area contributed by atoms with Crippen LogP contribution < -0.4 is 0 Å². The van der Waals surface area contributed by atoms with E-state index in [4.69, 9.17) is 9.52 Å². The highest BCUT2D eigenvalue weighted by molar-refractivity contribution is 5.47. The van der Waals surface area contributed by atoms with Crippen molar-refractivity contribution in [3.05, 3.63) is 30.8 Å². The Labute approximate surface area is 81.8 Å². The molecule has 1 atom stereocenters. The molecule has 0 amide bonds. The van der Waals surface area contributed by atoms with Crippen molar-refractivity contribution in [3.63, 3.8) is 0 Å². The second kappa shape index (κ2) is 3.67. The largest absolute Gasteiger partial charge is 0.461 e. The minimum atomic E-state index is 0.0117. The molecule has 74 valence electrons. The maximum atomic E-state index is 9.05. The maximum absolute atomic E-state index is 9.05. The van der Waals surface area contributed by atoms with Gasteiger partial charge in [-0.15, -0.1) is 0 Å². The van der Waals surface area contributed by atoms with E-state index >= 15 is 0 Å². The Morgan fingerprint density at radius 1 is 1.64 bits per heavy atom. The lowest BCUT2D eigenvalue weighted by Crippen LogP contribution is -2.09. The summed E-state index contributed by atoms with van der Waals surface area (Å²) in [5.41, 5.74) is 0. The van der Waals surface area contributed by atoms with E-state index in [9.17, 15) is 0 Å². The zero-order chi connectivity index (χ0) is 9.97. The number of imidazole rings is 1. The van der Waals surface area contributed by atoms with E-state index in [0.717, 1.165) is 11.6 Å². The summed E-state index contributed by atoms with van der Waals surface area (Å²) in [5.74, 6) is 1.46. The monoisotopic (exact) mass is 192 g/mol. The highest BCUT2D eigenvalue weighted by atomic mass is 16.3. The summed E-state index contributed by atoms with van der Waals surface area (Å²) in [5, 5.41) is 9.05. The number of nitrogens with zero attached hydrogens (tertiary/aromatic N) is 2. The second-order valence-electron chi connectivity index (χ2n) is 3.17. The fourth-order valence-corrected chi connectivity index (χ4v) is 1.35. The molecule has 0 saturated carbocycles. The first-order chi connectivity index (χ1) is 6.83. The van der Waals surface area contributed by atoms with Gasteiger partial charge in [0.2, 0.25) is 0 Å². The molecule has 0 aliphatic carbocycles. The number of furan rings is 1. The highest BCUT2D eigenvalue weighted by Crippen LogP contribution is 2.20. The van der Waals surface area contributed by atoms with Gasteiger partial charge in [-0.3, -0.25) is 0 Å². The summed E-state index contributed by atoms with van der Waals surface area (Å²) in [6, 6.07) is 3.68. The minimum Gasteiger partial charge on any atom is -0.461 e. The minimum absolute atomic E-state index is 0.0117. The third kappa shape index (κ3) is 1.44. The average molecular weight is 192 g/mol. The van der Waals surface area contributed by atoms with Crippen molar-refractivity contribution in [3.8, 4) is 11.6 Å². The molecule has 0 aliphatic heterocycles. The van der Waals surface area contributed by atoms with E-state index < -0.39 is 0 Å². The Kier molecular flexibility index (Phi) is 2.37. The van der Waals surface area contributed by atoms with Gasteiger partial charge >= 0.3 is 0 Å². The van der Waals surface area contributed by atoms with Gasteiger partial charge in [-0.2, -0.15) is 0 Å². The van der Waals surface area contributed by atoms with Crippen molar-refractivity contribution in [2.45, 2.75) is 13.0 Å². The predicted octanol–water partition coefficient (Wildman–Crippen LogP) is 1.70. The van der Waals surface area contributed by atoms with Crippen LogP contribution in [0.5, 0.6) is 0 Å². The Morgan fingerprint density at radius 2 is 2.50 bits per heavy atom. The van der Waals surface area contributed by atoms with E-state index in [1.54, 1.807) is 12.5 Å². The van der Waals surface area contributed by atoms with Crippen LogP contribution in [-0.4, -0.2) is 21.3 Å². The first kappa shape index (κ1) is 9.02. The quantitative estimate of drug-likeness (QED) is 0.805. The van der Waals surface area contributed by atoms with Crippen LogP contribution in [0.3, 0.4) is 0 Å². The topological polar surface area (TPSA) is 51.2 Å². The molecule has 0 aromatic carbocycles. The zero-order valence-corrected chi connectivity index (χ0v) is 7.92. The van der Waals surface area contributed by atoms with E-state index in [0.29, 0.717) is 0 Å². The maximum Gasteiger partial charge on any atom is 0.176 e. The van der Waals surface area contributed by atoms with Gasteiger partial charge in [0.25, 0.3) is 0 Å². The molecule has 2 aromatic rings. The van der Waals surface area contributed by atoms with E-state index in [-0.39, 0.29) is 12.6 Å². The van der Waals surface area contributed by atoms with Gasteiger partial charge in [0.05, 0.1) is 18.9 Å². The molecule has 0 aliphatic rings. The first-order valence-corrected chi connectivity index (χ1v) is 4.50. The van der Waals surface area contributed by atoms with Gasteiger partial charge in [-0.05, 0) is 19.1 Å². The van der Waals surface area contributed by atoms with Crippen LogP contribution in [0.4, 0.5) is 0 Å². The smallest absolute Gasteiger partial charge is 0.176 e. The van der Waals surface area contributed by atoms with Crippen LogP contribution >= 0.6 is 0 Å². The Bertz CT molecular complexity index is 392. The van der Waals surface area contributed by atoms with Crippen molar-refractivity contribution in [1.82, 2.24) is 9.55 Å². The van der Waals surface area contributed by atoms with Crippen LogP contribution in [0.25, 0.3) is 11.6 Å². The highest BCUT2D eigenvalue weighted by Gasteiger charge is 2.12. The molecule has 14 heavy (non-hydrogen) atoms. The van der Waals surface area contributed by atoms with Crippen LogP contribution in [0, 0.1) is 0 Å². The summed E-state index contributed by atoms with van der Waals surface area (Å²) in [6.07, 6.45) is 5.14. The van der Waals surface area contributed by atoms with Gasteiger partial charge < -0.3 is 14.1 Å². The molecule has 0 unspecified atom stereocenters. The van der Waals surface area contributed by atoms with Crippen molar-refractivity contribution >= 4 is 0 Å². The van der Waals surface area contributed by atoms with Crippen LogP contribution in [0.2, 0.25) is 0 Å². The lowest BCUT2D eigenvalue weighted by atomic mass is 10.3. The molecule has 0 saturated heterocycles. The zero-order valence-electron chi connectivity index (χ0n) is 7.92. The van der Waals surface area contributed by atoms with Gasteiger partial charge in [0, 0.05) is 12.4 Å². The van der Waals surface area contributed by atoms with Crippen LogP contribution in [0.1, 0.15) is 13.0 Å². The van der Waals surface area contributed by atoms with E-state index in [1.165, 1.54) is 0 Å². The van der Waals surface area contributed by atoms with Crippen molar-refractivity contribution in [2.24, 2.45) is 0 Å². The molecule has 2 heterocycles. The molecular formula is C10H12N2O2. The average Bonchev–Trinajstić information content (AvgIpc) is 2.85. The Morgan fingerprint density at radius 3 is 3.14 bits per heavy atom. The summed E-state index contributed by atoms with van der Waals surface area (Å²) in [4.78, 5) is 4.19. The molecule has 4 heteroatoms. The lowest BCUT2D eigenvalue weighted by molar-refractivity contribution is 0.239. The van der Waals surface area contributed by atoms with Crippen LogP contribution in [-0.2, 0) is 0 Å². The summed E-state index contributed by atoms with van der Waals surface area (Å²) >= 11 is 0. The van der Waals surface area contributed by atoms with E-state index in [2.05, 4.69) is 4.98 Å². The molecule has 0 radical (unpaired) electrons. The molecule has 2 rings (SSSR count). The molecule has 1 N–H and O–H groups in total. The molecule has 0 spiro atoms.